The summed E-state index contributed by atoms with van der Waals surface area (Å²) in [5, 5.41) is 10.3. The minimum absolute atomic E-state index is 0.249. The van der Waals surface area contributed by atoms with Gasteiger partial charge in [-0.3, -0.25) is 4.90 Å². The van der Waals surface area contributed by atoms with Gasteiger partial charge in [-0.15, -0.1) is 0 Å². The molecule has 2 heterocycles. The Morgan fingerprint density at radius 3 is 2.73 bits per heavy atom. The van der Waals surface area contributed by atoms with Gasteiger partial charge < -0.3 is 24.1 Å². The number of ether oxygens (including phenoxy) is 4. The number of β-amino-alcohol motifs (C(OH)–C–C–N with tert-alkyl or cyclic N) is 1. The Balaban J connectivity index is 1.42. The highest BCUT2D eigenvalue weighted by Crippen LogP contribution is 2.38. The molecular weight excluding hydrogens is 334 g/mol. The molecule has 4 rings (SSSR count). The molecule has 2 aromatic rings. The van der Waals surface area contributed by atoms with Gasteiger partial charge in [-0.2, -0.15) is 0 Å². The minimum atomic E-state index is -0.544. The molecule has 1 fully saturated rings. The van der Waals surface area contributed by atoms with E-state index in [1.165, 1.54) is 0 Å². The summed E-state index contributed by atoms with van der Waals surface area (Å²) in [6.45, 7) is 4.25. The Labute approximate surface area is 152 Å². The molecule has 6 heteroatoms. The van der Waals surface area contributed by atoms with Crippen LogP contribution in [0.2, 0.25) is 0 Å². The van der Waals surface area contributed by atoms with Crippen molar-refractivity contribution in [3.05, 3.63) is 42.5 Å². The molecule has 1 unspecified atom stereocenters. The first-order valence-electron chi connectivity index (χ1n) is 8.89. The summed E-state index contributed by atoms with van der Waals surface area (Å²) < 4.78 is 22.1. The zero-order valence-electron chi connectivity index (χ0n) is 14.6. The van der Waals surface area contributed by atoms with Crippen molar-refractivity contribution < 1.29 is 24.1 Å². The van der Waals surface area contributed by atoms with Crippen LogP contribution in [0.3, 0.4) is 0 Å². The third-order valence-electron chi connectivity index (χ3n) is 4.57. The number of benzene rings is 2. The molecule has 26 heavy (non-hydrogen) atoms. The quantitative estimate of drug-likeness (QED) is 0.855. The van der Waals surface area contributed by atoms with Gasteiger partial charge in [0.15, 0.2) is 11.5 Å². The number of hydrogen-bond acceptors (Lipinski definition) is 6. The Bertz CT molecular complexity index is 745. The van der Waals surface area contributed by atoms with E-state index < -0.39 is 6.10 Å². The molecule has 0 bridgehead atoms. The lowest BCUT2D eigenvalue weighted by molar-refractivity contribution is 0.00471. The van der Waals surface area contributed by atoms with Gasteiger partial charge in [0.2, 0.25) is 6.79 Å². The van der Waals surface area contributed by atoms with E-state index in [1.54, 1.807) is 0 Å². The third-order valence-corrected chi connectivity index (χ3v) is 4.57. The third kappa shape index (κ3) is 3.93. The van der Waals surface area contributed by atoms with Crippen molar-refractivity contribution in [3.8, 4) is 28.4 Å². The van der Waals surface area contributed by atoms with Crippen LogP contribution in [0.25, 0.3) is 11.1 Å². The normalized spacial score (nSPS) is 17.9. The SMILES string of the molecule is OC(COc1ccccc1-c1ccc2c(c1)OCO2)CN1CCOCC1. The van der Waals surface area contributed by atoms with Crippen molar-refractivity contribution in [3.63, 3.8) is 0 Å². The summed E-state index contributed by atoms with van der Waals surface area (Å²) in [7, 11) is 0. The molecule has 0 saturated carbocycles. The van der Waals surface area contributed by atoms with Crippen molar-refractivity contribution in [2.75, 3.05) is 46.2 Å². The molecule has 1 N–H and O–H groups in total. The molecule has 1 atom stereocenters. The Hall–Kier alpha value is -2.28. The molecule has 6 nitrogen and oxygen atoms in total. The molecule has 0 aromatic heterocycles. The fraction of sp³-hybridized carbons (Fsp3) is 0.400. The second kappa shape index (κ2) is 7.95. The fourth-order valence-electron chi connectivity index (χ4n) is 3.22. The molecular formula is C20H23NO5. The maximum Gasteiger partial charge on any atom is 0.231 e. The molecule has 1 saturated heterocycles. The standard InChI is InChI=1S/C20H23NO5/c22-16(12-21-7-9-23-10-8-21)13-24-18-4-2-1-3-17(18)15-5-6-19-20(11-15)26-14-25-19/h1-6,11,16,22H,7-10,12-14H2. The summed E-state index contributed by atoms with van der Waals surface area (Å²) in [4.78, 5) is 2.20. The van der Waals surface area contributed by atoms with Gasteiger partial charge in [-0.1, -0.05) is 24.3 Å². The molecule has 0 spiro atoms. The van der Waals surface area contributed by atoms with Gasteiger partial charge in [-0.05, 0) is 23.8 Å². The predicted octanol–water partition coefficient (Wildman–Crippen LogP) is 2.15. The summed E-state index contributed by atoms with van der Waals surface area (Å²) >= 11 is 0. The second-order valence-electron chi connectivity index (χ2n) is 6.44. The van der Waals surface area contributed by atoms with Crippen LogP contribution in [-0.4, -0.2) is 62.4 Å². The smallest absolute Gasteiger partial charge is 0.231 e. The monoisotopic (exact) mass is 357 g/mol. The molecule has 2 aromatic carbocycles. The highest BCUT2D eigenvalue weighted by atomic mass is 16.7. The first kappa shape index (κ1) is 17.1. The summed E-state index contributed by atoms with van der Waals surface area (Å²) in [5.41, 5.74) is 1.96. The number of para-hydroxylation sites is 1. The van der Waals surface area contributed by atoms with Crippen molar-refractivity contribution in [2.45, 2.75) is 6.10 Å². The Morgan fingerprint density at radius 1 is 1.04 bits per heavy atom. The van der Waals surface area contributed by atoms with E-state index in [0.29, 0.717) is 6.54 Å². The van der Waals surface area contributed by atoms with E-state index in [9.17, 15) is 5.11 Å². The van der Waals surface area contributed by atoms with E-state index >= 15 is 0 Å². The highest BCUT2D eigenvalue weighted by molar-refractivity contribution is 5.73. The number of rotatable bonds is 6. The van der Waals surface area contributed by atoms with Crippen LogP contribution >= 0.6 is 0 Å². The number of nitrogens with zero attached hydrogens (tertiary/aromatic N) is 1. The number of morpholine rings is 1. The lowest BCUT2D eigenvalue weighted by Gasteiger charge is -2.28. The van der Waals surface area contributed by atoms with Crippen LogP contribution in [0.15, 0.2) is 42.5 Å². The Kier molecular flexibility index (Phi) is 5.24. The number of aliphatic hydroxyl groups excluding tert-OH is 1. The minimum Gasteiger partial charge on any atom is -0.490 e. The van der Waals surface area contributed by atoms with Crippen LogP contribution in [0.4, 0.5) is 0 Å². The lowest BCUT2D eigenvalue weighted by Crippen LogP contribution is -2.42. The zero-order valence-corrected chi connectivity index (χ0v) is 14.6. The number of fused-ring (bicyclic) bond motifs is 1. The molecule has 2 aliphatic rings. The zero-order chi connectivity index (χ0) is 17.8. The van der Waals surface area contributed by atoms with Crippen molar-refractivity contribution in [1.29, 1.82) is 0 Å². The van der Waals surface area contributed by atoms with E-state index in [0.717, 1.165) is 54.7 Å². The molecule has 0 radical (unpaired) electrons. The molecule has 2 aliphatic heterocycles. The number of aliphatic hydroxyl groups is 1. The van der Waals surface area contributed by atoms with Crippen molar-refractivity contribution in [1.82, 2.24) is 4.90 Å². The molecule has 0 aliphatic carbocycles. The van der Waals surface area contributed by atoms with Gasteiger partial charge in [0.05, 0.1) is 13.2 Å². The van der Waals surface area contributed by atoms with Crippen LogP contribution in [-0.2, 0) is 4.74 Å². The van der Waals surface area contributed by atoms with E-state index in [2.05, 4.69) is 4.90 Å². The summed E-state index contributed by atoms with van der Waals surface area (Å²) in [5.74, 6) is 2.24. The number of hydrogen-bond donors (Lipinski definition) is 1. The first-order valence-corrected chi connectivity index (χ1v) is 8.89. The predicted molar refractivity (Wildman–Crippen MR) is 96.8 cm³/mol. The molecule has 0 amide bonds. The van der Waals surface area contributed by atoms with Crippen LogP contribution < -0.4 is 14.2 Å². The largest absolute Gasteiger partial charge is 0.490 e. The fourth-order valence-corrected chi connectivity index (χ4v) is 3.22. The second-order valence-corrected chi connectivity index (χ2v) is 6.44. The topological polar surface area (TPSA) is 60.4 Å². The first-order chi connectivity index (χ1) is 12.8. The summed E-state index contributed by atoms with van der Waals surface area (Å²) in [6.07, 6.45) is -0.544. The van der Waals surface area contributed by atoms with Crippen molar-refractivity contribution >= 4 is 0 Å². The van der Waals surface area contributed by atoms with E-state index in [-0.39, 0.29) is 13.4 Å². The van der Waals surface area contributed by atoms with Crippen LogP contribution in [0, 0.1) is 0 Å². The van der Waals surface area contributed by atoms with Crippen molar-refractivity contribution in [2.24, 2.45) is 0 Å². The average molecular weight is 357 g/mol. The maximum atomic E-state index is 10.3. The van der Waals surface area contributed by atoms with E-state index in [1.807, 2.05) is 42.5 Å². The molecule has 138 valence electrons. The van der Waals surface area contributed by atoms with Gasteiger partial charge in [0.25, 0.3) is 0 Å². The van der Waals surface area contributed by atoms with E-state index in [4.69, 9.17) is 18.9 Å². The lowest BCUT2D eigenvalue weighted by atomic mass is 10.0. The Morgan fingerprint density at radius 2 is 1.85 bits per heavy atom. The summed E-state index contributed by atoms with van der Waals surface area (Å²) in [6, 6.07) is 13.7. The highest BCUT2D eigenvalue weighted by Gasteiger charge is 2.18. The van der Waals surface area contributed by atoms with Gasteiger partial charge >= 0.3 is 0 Å². The van der Waals surface area contributed by atoms with Gasteiger partial charge in [0, 0.05) is 25.2 Å². The van der Waals surface area contributed by atoms with Gasteiger partial charge in [0.1, 0.15) is 18.5 Å². The van der Waals surface area contributed by atoms with Crippen LogP contribution in [0.5, 0.6) is 17.2 Å². The van der Waals surface area contributed by atoms with Gasteiger partial charge in [-0.25, -0.2) is 0 Å². The average Bonchev–Trinajstić information content (AvgIpc) is 3.15. The van der Waals surface area contributed by atoms with Crippen LogP contribution in [0.1, 0.15) is 0 Å². The maximum absolute atomic E-state index is 10.3.